The summed E-state index contributed by atoms with van der Waals surface area (Å²) >= 11 is 0. The van der Waals surface area contributed by atoms with E-state index in [0.29, 0.717) is 11.4 Å². The molecule has 3 aromatic rings. The van der Waals surface area contributed by atoms with Crippen molar-refractivity contribution in [3.05, 3.63) is 86.9 Å². The molecule has 7 nitrogen and oxygen atoms in total. The van der Waals surface area contributed by atoms with E-state index in [9.17, 15) is 18.8 Å². The van der Waals surface area contributed by atoms with Gasteiger partial charge in [-0.2, -0.15) is 0 Å². The molecular weight excluding hydrogens is 341 g/mol. The van der Waals surface area contributed by atoms with Gasteiger partial charge in [0.25, 0.3) is 11.5 Å². The second-order valence-electron chi connectivity index (χ2n) is 5.31. The maximum Gasteiger partial charge on any atom is 0.333 e. The van der Waals surface area contributed by atoms with Gasteiger partial charge in [-0.3, -0.25) is 9.59 Å². The lowest BCUT2D eigenvalue weighted by atomic mass is 10.2. The van der Waals surface area contributed by atoms with Crippen LogP contribution in [0.25, 0.3) is 5.69 Å². The first-order valence-electron chi connectivity index (χ1n) is 7.55. The van der Waals surface area contributed by atoms with E-state index in [4.69, 9.17) is 4.74 Å². The van der Waals surface area contributed by atoms with E-state index in [0.717, 1.165) is 22.9 Å². The van der Waals surface area contributed by atoms with Gasteiger partial charge in [0.1, 0.15) is 17.1 Å². The van der Waals surface area contributed by atoms with Gasteiger partial charge in [0, 0.05) is 18.0 Å². The first-order valence-corrected chi connectivity index (χ1v) is 7.55. The minimum atomic E-state index is -0.819. The average Bonchev–Trinajstić information content (AvgIpc) is 2.63. The third kappa shape index (κ3) is 3.39. The van der Waals surface area contributed by atoms with Crippen molar-refractivity contribution in [1.82, 2.24) is 9.55 Å². The summed E-state index contributed by atoms with van der Waals surface area (Å²) in [5.41, 5.74) is -1.25. The largest absolute Gasteiger partial charge is 0.497 e. The molecule has 0 aliphatic rings. The van der Waals surface area contributed by atoms with Crippen LogP contribution in [-0.4, -0.2) is 22.6 Å². The highest BCUT2D eigenvalue weighted by molar-refractivity contribution is 6.03. The number of ether oxygens (including phenoxy) is 1. The van der Waals surface area contributed by atoms with Gasteiger partial charge in [-0.15, -0.1) is 0 Å². The summed E-state index contributed by atoms with van der Waals surface area (Å²) < 4.78 is 18.9. The molecule has 0 aliphatic heterocycles. The number of nitrogens with one attached hydrogen (secondary N) is 2. The Labute approximate surface area is 146 Å². The van der Waals surface area contributed by atoms with Gasteiger partial charge in [0.2, 0.25) is 0 Å². The molecule has 0 atom stereocenters. The highest BCUT2D eigenvalue weighted by Crippen LogP contribution is 2.17. The van der Waals surface area contributed by atoms with Crippen LogP contribution in [-0.2, 0) is 0 Å². The quantitative estimate of drug-likeness (QED) is 0.748. The lowest BCUT2D eigenvalue weighted by molar-refractivity contribution is 0.102. The van der Waals surface area contributed by atoms with Crippen LogP contribution in [0.3, 0.4) is 0 Å². The topological polar surface area (TPSA) is 93.2 Å². The van der Waals surface area contributed by atoms with Gasteiger partial charge in [-0.1, -0.05) is 6.07 Å². The van der Waals surface area contributed by atoms with Crippen molar-refractivity contribution >= 4 is 11.6 Å². The fourth-order valence-corrected chi connectivity index (χ4v) is 2.36. The number of halogens is 1. The number of hydrogen-bond donors (Lipinski definition) is 2. The average molecular weight is 355 g/mol. The molecule has 0 saturated heterocycles. The van der Waals surface area contributed by atoms with Crippen molar-refractivity contribution in [2.45, 2.75) is 0 Å². The fourth-order valence-electron chi connectivity index (χ4n) is 2.36. The lowest BCUT2D eigenvalue weighted by Gasteiger charge is -2.09. The van der Waals surface area contributed by atoms with E-state index in [-0.39, 0.29) is 11.3 Å². The molecule has 26 heavy (non-hydrogen) atoms. The van der Waals surface area contributed by atoms with Gasteiger partial charge in [0.15, 0.2) is 0 Å². The van der Waals surface area contributed by atoms with E-state index in [1.165, 1.54) is 19.2 Å². The number of carbonyl (C=O) groups excluding carboxylic acids is 1. The SMILES string of the molecule is COc1cccc(NC(=O)c2c[nH]c(=O)n(-c3ccc(F)cc3)c2=O)c1. The Morgan fingerprint density at radius 3 is 2.58 bits per heavy atom. The number of anilines is 1. The van der Waals surface area contributed by atoms with Crippen molar-refractivity contribution < 1.29 is 13.9 Å². The molecule has 1 amide bonds. The first kappa shape index (κ1) is 17.2. The van der Waals surface area contributed by atoms with Crippen LogP contribution < -0.4 is 21.3 Å². The number of hydrogen-bond acceptors (Lipinski definition) is 4. The van der Waals surface area contributed by atoms with Crippen LogP contribution in [0.1, 0.15) is 10.4 Å². The number of rotatable bonds is 4. The highest BCUT2D eigenvalue weighted by atomic mass is 19.1. The standard InChI is InChI=1S/C18H14FN3O4/c1-26-14-4-2-3-12(9-14)21-16(23)15-10-20-18(25)22(17(15)24)13-7-5-11(19)6-8-13/h2-10H,1H3,(H,20,25)(H,21,23). The second-order valence-corrected chi connectivity index (χ2v) is 5.31. The van der Waals surface area contributed by atoms with Gasteiger partial charge in [-0.25, -0.2) is 13.8 Å². The van der Waals surface area contributed by atoms with Gasteiger partial charge < -0.3 is 15.0 Å². The molecule has 1 heterocycles. The molecule has 0 radical (unpaired) electrons. The van der Waals surface area contributed by atoms with Crippen LogP contribution in [0.5, 0.6) is 5.75 Å². The molecule has 132 valence electrons. The van der Waals surface area contributed by atoms with E-state index < -0.39 is 23.0 Å². The highest BCUT2D eigenvalue weighted by Gasteiger charge is 2.16. The molecule has 0 spiro atoms. The minimum absolute atomic E-state index is 0.147. The molecule has 0 saturated carbocycles. The van der Waals surface area contributed by atoms with Crippen molar-refractivity contribution in [2.24, 2.45) is 0 Å². The molecule has 3 rings (SSSR count). The first-order chi connectivity index (χ1) is 12.5. The van der Waals surface area contributed by atoms with Crippen LogP contribution in [0.4, 0.5) is 10.1 Å². The lowest BCUT2D eigenvalue weighted by Crippen LogP contribution is -2.38. The third-order valence-corrected chi connectivity index (χ3v) is 3.63. The number of nitrogens with zero attached hydrogens (tertiary/aromatic N) is 1. The van der Waals surface area contributed by atoms with E-state index >= 15 is 0 Å². The maximum atomic E-state index is 13.1. The zero-order chi connectivity index (χ0) is 18.7. The number of aromatic nitrogens is 2. The molecule has 0 bridgehead atoms. The summed E-state index contributed by atoms with van der Waals surface area (Å²) in [6.07, 6.45) is 1.04. The number of benzene rings is 2. The summed E-state index contributed by atoms with van der Waals surface area (Å²) in [5, 5.41) is 2.57. The summed E-state index contributed by atoms with van der Waals surface area (Å²) in [6, 6.07) is 11.4. The summed E-state index contributed by atoms with van der Waals surface area (Å²) in [4.78, 5) is 39.4. The molecular formula is C18H14FN3O4. The predicted molar refractivity (Wildman–Crippen MR) is 93.6 cm³/mol. The van der Waals surface area contributed by atoms with Crippen molar-refractivity contribution in [1.29, 1.82) is 0 Å². The fraction of sp³-hybridized carbons (Fsp3) is 0.0556. The Hall–Kier alpha value is -3.68. The normalized spacial score (nSPS) is 10.4. The Kier molecular flexibility index (Phi) is 4.66. The Balaban J connectivity index is 1.99. The van der Waals surface area contributed by atoms with E-state index in [2.05, 4.69) is 10.3 Å². The van der Waals surface area contributed by atoms with Crippen LogP contribution in [0, 0.1) is 5.82 Å². The Morgan fingerprint density at radius 2 is 1.88 bits per heavy atom. The Morgan fingerprint density at radius 1 is 1.15 bits per heavy atom. The van der Waals surface area contributed by atoms with E-state index in [1.54, 1.807) is 24.3 Å². The number of amides is 1. The predicted octanol–water partition coefficient (Wildman–Crippen LogP) is 1.93. The molecule has 2 aromatic carbocycles. The molecule has 0 fully saturated rings. The zero-order valence-corrected chi connectivity index (χ0v) is 13.7. The monoisotopic (exact) mass is 355 g/mol. The number of methoxy groups -OCH3 is 1. The molecule has 1 aromatic heterocycles. The molecule has 2 N–H and O–H groups in total. The molecule has 0 aliphatic carbocycles. The van der Waals surface area contributed by atoms with Gasteiger partial charge in [-0.05, 0) is 36.4 Å². The van der Waals surface area contributed by atoms with Crippen molar-refractivity contribution in [3.63, 3.8) is 0 Å². The third-order valence-electron chi connectivity index (χ3n) is 3.63. The maximum absolute atomic E-state index is 13.1. The Bertz CT molecular complexity index is 1070. The smallest absolute Gasteiger partial charge is 0.333 e. The number of aromatic amines is 1. The zero-order valence-electron chi connectivity index (χ0n) is 13.7. The number of H-pyrrole nitrogens is 1. The van der Waals surface area contributed by atoms with Gasteiger partial charge >= 0.3 is 5.69 Å². The van der Waals surface area contributed by atoms with Crippen LogP contribution in [0.2, 0.25) is 0 Å². The summed E-state index contributed by atoms with van der Waals surface area (Å²) in [6.45, 7) is 0. The summed E-state index contributed by atoms with van der Waals surface area (Å²) in [5.74, 6) is -0.673. The molecule has 8 heteroatoms. The van der Waals surface area contributed by atoms with Crippen LogP contribution >= 0.6 is 0 Å². The van der Waals surface area contributed by atoms with E-state index in [1.807, 2.05) is 0 Å². The van der Waals surface area contributed by atoms with Gasteiger partial charge in [0.05, 0.1) is 12.8 Å². The van der Waals surface area contributed by atoms with Crippen molar-refractivity contribution in [3.8, 4) is 11.4 Å². The number of carbonyl (C=O) groups is 1. The van der Waals surface area contributed by atoms with Crippen LogP contribution in [0.15, 0.2) is 64.3 Å². The minimum Gasteiger partial charge on any atom is -0.497 e. The summed E-state index contributed by atoms with van der Waals surface area (Å²) in [7, 11) is 1.49. The van der Waals surface area contributed by atoms with Crippen molar-refractivity contribution in [2.75, 3.05) is 12.4 Å². The second kappa shape index (κ2) is 7.06. The molecule has 0 unspecified atom stereocenters.